The van der Waals surface area contributed by atoms with Gasteiger partial charge in [-0.15, -0.1) is 0 Å². The quantitative estimate of drug-likeness (QED) is 0.225. The molecular weight excluding hydrogens is 625 g/mol. The standard InChI is InChI=1S/C27H34Cl2N6O.C7H13NO2/c1-5-21(36)33-14-27(15-33)11-17(12-27)35-16(2)22(23-18(13-30)20(31)10-19(28)24(23)29)25(32-35)34-9-7-6-8-26(34,3)4;1-8(6-2-9-3-6)7-4-10-5-7/h5,10,13,17,30H,1,6-9,11-12,14-15,31H2,2-4H3;6-7H,2-5H2,1H3. The molecule has 10 nitrogen and oxygen atoms in total. The van der Waals surface area contributed by atoms with Gasteiger partial charge in [0.15, 0.2) is 5.82 Å². The van der Waals surface area contributed by atoms with Crippen LogP contribution in [-0.4, -0.2) is 102 Å². The van der Waals surface area contributed by atoms with Gasteiger partial charge in [0.1, 0.15) is 0 Å². The Bertz CT molecular complexity index is 1490. The highest BCUT2D eigenvalue weighted by Gasteiger charge is 2.54. The maximum absolute atomic E-state index is 11.9. The van der Waals surface area contributed by atoms with Crippen LogP contribution in [-0.2, 0) is 14.3 Å². The molecule has 1 aromatic heterocycles. The molecule has 5 fully saturated rings. The number of hydrogen-bond donors (Lipinski definition) is 2. The van der Waals surface area contributed by atoms with Gasteiger partial charge in [0, 0.05) is 64.9 Å². The molecule has 1 saturated carbocycles. The fourth-order valence-corrected chi connectivity index (χ4v) is 8.16. The smallest absolute Gasteiger partial charge is 0.245 e. The number of benzene rings is 1. The number of aromatic nitrogens is 2. The lowest BCUT2D eigenvalue weighted by Crippen LogP contribution is -2.63. The molecule has 12 heteroatoms. The first-order chi connectivity index (χ1) is 21.9. The Morgan fingerprint density at radius 3 is 2.28 bits per heavy atom. The van der Waals surface area contributed by atoms with Crippen molar-refractivity contribution in [3.63, 3.8) is 0 Å². The molecule has 0 radical (unpaired) electrons. The van der Waals surface area contributed by atoms with Crippen molar-refractivity contribution in [2.75, 3.05) is 63.7 Å². The third-order valence-corrected chi connectivity index (χ3v) is 11.6. The lowest BCUT2D eigenvalue weighted by molar-refractivity contribution is -0.149. The van der Waals surface area contributed by atoms with E-state index in [1.54, 1.807) is 6.07 Å². The summed E-state index contributed by atoms with van der Waals surface area (Å²) in [7, 11) is 2.15. The molecule has 0 bridgehead atoms. The van der Waals surface area contributed by atoms with E-state index in [1.807, 2.05) is 4.90 Å². The molecular formula is C34H47Cl2N7O3. The number of likely N-dealkylation sites (N-methyl/N-ethyl adjacent to an activating group) is 1. The number of piperidine rings is 1. The van der Waals surface area contributed by atoms with Gasteiger partial charge in [-0.1, -0.05) is 29.8 Å². The number of carbonyl (C=O) groups excluding carboxylic acids is 1. The van der Waals surface area contributed by atoms with Crippen molar-refractivity contribution in [2.24, 2.45) is 5.41 Å². The molecule has 1 amide bonds. The highest BCUT2D eigenvalue weighted by Crippen LogP contribution is 2.56. The summed E-state index contributed by atoms with van der Waals surface area (Å²) < 4.78 is 12.3. The Balaban J connectivity index is 0.000000314. The number of ether oxygens (including phenoxy) is 2. The van der Waals surface area contributed by atoms with E-state index in [-0.39, 0.29) is 22.9 Å². The molecule has 4 saturated heterocycles. The van der Waals surface area contributed by atoms with E-state index in [2.05, 4.69) is 48.9 Å². The molecule has 3 N–H and O–H groups in total. The van der Waals surface area contributed by atoms with Crippen LogP contribution in [0, 0.1) is 17.7 Å². The van der Waals surface area contributed by atoms with Gasteiger partial charge >= 0.3 is 0 Å². The Kier molecular flexibility index (Phi) is 9.23. The third kappa shape index (κ3) is 5.85. The fraction of sp³-hybridized carbons (Fsp3) is 0.618. The first-order valence-electron chi connectivity index (χ1n) is 16.3. The Morgan fingerprint density at radius 2 is 1.76 bits per heavy atom. The summed E-state index contributed by atoms with van der Waals surface area (Å²) in [4.78, 5) is 18.6. The van der Waals surface area contributed by atoms with Crippen LogP contribution in [0.3, 0.4) is 0 Å². The molecule has 5 heterocycles. The molecule has 1 aliphatic carbocycles. The Morgan fingerprint density at radius 1 is 1.13 bits per heavy atom. The number of rotatable bonds is 7. The zero-order chi connectivity index (χ0) is 33.0. The normalized spacial score (nSPS) is 22.3. The zero-order valence-corrected chi connectivity index (χ0v) is 29.0. The molecule has 2 aromatic rings. The minimum atomic E-state index is -0.0690. The molecule has 7 rings (SSSR count). The van der Waals surface area contributed by atoms with Crippen LogP contribution in [0.5, 0.6) is 0 Å². The summed E-state index contributed by atoms with van der Waals surface area (Å²) >= 11 is 13.3. The lowest BCUT2D eigenvalue weighted by Gasteiger charge is -2.58. The van der Waals surface area contributed by atoms with Crippen molar-refractivity contribution in [1.29, 1.82) is 5.41 Å². The van der Waals surface area contributed by atoms with E-state index in [9.17, 15) is 4.79 Å². The van der Waals surface area contributed by atoms with Gasteiger partial charge < -0.3 is 30.4 Å². The van der Waals surface area contributed by atoms with Crippen LogP contribution in [0.25, 0.3) is 11.1 Å². The van der Waals surface area contributed by atoms with Crippen molar-refractivity contribution < 1.29 is 14.3 Å². The number of amides is 1. The highest BCUT2D eigenvalue weighted by atomic mass is 35.5. The van der Waals surface area contributed by atoms with Crippen LogP contribution in [0.2, 0.25) is 10.0 Å². The highest BCUT2D eigenvalue weighted by molar-refractivity contribution is 6.44. The number of nitrogens with zero attached hydrogens (tertiary/aromatic N) is 5. The predicted octanol–water partition coefficient (Wildman–Crippen LogP) is 5.58. The summed E-state index contributed by atoms with van der Waals surface area (Å²) in [6, 6.07) is 3.17. The van der Waals surface area contributed by atoms with Crippen LogP contribution in [0.1, 0.15) is 63.3 Å². The first kappa shape index (κ1) is 33.3. The van der Waals surface area contributed by atoms with Gasteiger partial charge in [0.05, 0.1) is 54.6 Å². The predicted molar refractivity (Wildman–Crippen MR) is 184 cm³/mol. The Hall–Kier alpha value is -2.63. The van der Waals surface area contributed by atoms with Crippen molar-refractivity contribution in [1.82, 2.24) is 19.6 Å². The monoisotopic (exact) mass is 671 g/mol. The van der Waals surface area contributed by atoms with Gasteiger partial charge in [-0.3, -0.25) is 14.4 Å². The van der Waals surface area contributed by atoms with Gasteiger partial charge in [0.2, 0.25) is 5.91 Å². The van der Waals surface area contributed by atoms with E-state index in [4.69, 9.17) is 48.9 Å². The average Bonchev–Trinajstić information content (AvgIpc) is 3.22. The van der Waals surface area contributed by atoms with Gasteiger partial charge in [-0.05, 0) is 72.1 Å². The summed E-state index contributed by atoms with van der Waals surface area (Å²) in [5.41, 5.74) is 9.98. The second kappa shape index (κ2) is 12.8. The first-order valence-corrected chi connectivity index (χ1v) is 17.1. The molecule has 0 unspecified atom stereocenters. The zero-order valence-electron chi connectivity index (χ0n) is 27.5. The van der Waals surface area contributed by atoms with E-state index in [0.29, 0.717) is 38.9 Å². The van der Waals surface area contributed by atoms with Gasteiger partial charge in [-0.2, -0.15) is 5.10 Å². The van der Waals surface area contributed by atoms with Crippen molar-refractivity contribution >= 4 is 46.8 Å². The van der Waals surface area contributed by atoms with E-state index < -0.39 is 0 Å². The number of nitrogen functional groups attached to an aromatic ring is 1. The van der Waals surface area contributed by atoms with E-state index in [0.717, 1.165) is 88.8 Å². The van der Waals surface area contributed by atoms with Crippen molar-refractivity contribution in [2.45, 2.75) is 76.5 Å². The number of likely N-dealkylation sites (tertiary alicyclic amines) is 1. The van der Waals surface area contributed by atoms with Crippen LogP contribution in [0.15, 0.2) is 18.7 Å². The van der Waals surface area contributed by atoms with Crippen LogP contribution >= 0.6 is 23.2 Å². The molecule has 46 heavy (non-hydrogen) atoms. The molecule has 250 valence electrons. The average molecular weight is 673 g/mol. The second-order valence-corrected chi connectivity index (χ2v) is 15.1. The van der Waals surface area contributed by atoms with Crippen LogP contribution in [0.4, 0.5) is 11.5 Å². The van der Waals surface area contributed by atoms with E-state index >= 15 is 0 Å². The molecule has 1 spiro atoms. The summed E-state index contributed by atoms with van der Waals surface area (Å²) in [6.07, 6.45) is 7.94. The minimum Gasteiger partial charge on any atom is -0.398 e. The number of anilines is 2. The van der Waals surface area contributed by atoms with Gasteiger partial charge in [0.25, 0.3) is 0 Å². The third-order valence-electron chi connectivity index (χ3n) is 10.8. The topological polar surface area (TPSA) is 113 Å². The number of carbonyl (C=O) groups is 1. The van der Waals surface area contributed by atoms with E-state index in [1.165, 1.54) is 18.7 Å². The molecule has 4 aliphatic heterocycles. The summed E-state index contributed by atoms with van der Waals surface area (Å²) in [6.45, 7) is 16.3. The minimum absolute atomic E-state index is 0.00334. The maximum atomic E-state index is 11.9. The summed E-state index contributed by atoms with van der Waals surface area (Å²) in [5, 5.41) is 14.1. The SMILES string of the molecule is C=CC(=O)N1CC2(CC(n3nc(N4CCCCC4(C)C)c(-c4c(Cl)c(Cl)cc(N)c4C=N)c3C)C2)C1.CN(C1COC1)C1COC1. The molecule has 1 aromatic carbocycles. The molecule has 5 aliphatic rings. The number of nitrogens with two attached hydrogens (primary N) is 1. The van der Waals surface area contributed by atoms with Crippen molar-refractivity contribution in [3.05, 3.63) is 40.0 Å². The number of nitrogens with one attached hydrogen (secondary N) is 1. The maximum Gasteiger partial charge on any atom is 0.245 e. The molecule has 0 atom stereocenters. The Labute approximate surface area is 282 Å². The lowest BCUT2D eigenvalue weighted by atomic mass is 9.60. The van der Waals surface area contributed by atoms with Crippen LogP contribution < -0.4 is 10.6 Å². The second-order valence-electron chi connectivity index (χ2n) is 14.4. The van der Waals surface area contributed by atoms with Gasteiger partial charge in [-0.25, -0.2) is 0 Å². The fourth-order valence-electron chi connectivity index (χ4n) is 7.69. The number of halogens is 2. The summed E-state index contributed by atoms with van der Waals surface area (Å²) in [5.74, 6) is 0.880. The largest absolute Gasteiger partial charge is 0.398 e. The van der Waals surface area contributed by atoms with Crippen molar-refractivity contribution in [3.8, 4) is 11.1 Å². The number of hydrogen-bond acceptors (Lipinski definition) is 8.